The summed E-state index contributed by atoms with van der Waals surface area (Å²) in [6.45, 7) is 5.07. The first-order valence-corrected chi connectivity index (χ1v) is 12.5. The molecule has 40 heavy (non-hydrogen) atoms. The van der Waals surface area contributed by atoms with Crippen LogP contribution in [0.4, 0.5) is 11.4 Å². The van der Waals surface area contributed by atoms with Gasteiger partial charge in [-0.05, 0) is 25.1 Å². The highest BCUT2D eigenvalue weighted by atomic mass is 16.5. The van der Waals surface area contributed by atoms with E-state index < -0.39 is 17.5 Å². The number of carbonyl (C=O) groups is 2. The molecule has 0 aliphatic rings. The highest BCUT2D eigenvalue weighted by molar-refractivity contribution is 5.95. The summed E-state index contributed by atoms with van der Waals surface area (Å²) < 4.78 is 27.1. The monoisotopic (exact) mass is 554 g/mol. The molecule has 0 aliphatic carbocycles. The largest absolute Gasteiger partial charge is 0.507 e. The van der Waals surface area contributed by atoms with Gasteiger partial charge < -0.3 is 39.1 Å². The van der Waals surface area contributed by atoms with Crippen molar-refractivity contribution in [3.8, 4) is 28.7 Å². The summed E-state index contributed by atoms with van der Waals surface area (Å²) in [6.07, 6.45) is -0.276. The Morgan fingerprint density at radius 1 is 0.900 bits per heavy atom. The topological polar surface area (TPSA) is 146 Å². The number of methoxy groups -OCH3 is 4. The van der Waals surface area contributed by atoms with Gasteiger partial charge in [-0.15, -0.1) is 0 Å². The number of benzene rings is 2. The molecule has 11 nitrogen and oxygen atoms in total. The summed E-state index contributed by atoms with van der Waals surface area (Å²) in [7, 11) is 5.77. The van der Waals surface area contributed by atoms with Crippen LogP contribution in [0.25, 0.3) is 0 Å². The van der Waals surface area contributed by atoms with E-state index in [1.807, 2.05) is 0 Å². The molecule has 2 amide bonds. The molecule has 1 aromatic heterocycles. The highest BCUT2D eigenvalue weighted by Crippen LogP contribution is 2.46. The molecule has 1 heterocycles. The summed E-state index contributed by atoms with van der Waals surface area (Å²) in [5.74, 6) is -0.784. The lowest BCUT2D eigenvalue weighted by atomic mass is 9.87. The third-order valence-electron chi connectivity index (χ3n) is 6.21. The van der Waals surface area contributed by atoms with Crippen LogP contribution < -0.4 is 35.2 Å². The predicted molar refractivity (Wildman–Crippen MR) is 149 cm³/mol. The van der Waals surface area contributed by atoms with Gasteiger partial charge in [0.25, 0.3) is 0 Å². The Kier molecular flexibility index (Phi) is 9.65. The maximum absolute atomic E-state index is 13.4. The highest BCUT2D eigenvalue weighted by Gasteiger charge is 2.31. The fourth-order valence-corrected chi connectivity index (χ4v) is 4.24. The third-order valence-corrected chi connectivity index (χ3v) is 6.21. The van der Waals surface area contributed by atoms with Gasteiger partial charge in [0, 0.05) is 41.6 Å². The lowest BCUT2D eigenvalue weighted by Gasteiger charge is -2.22. The van der Waals surface area contributed by atoms with Gasteiger partial charge in [-0.1, -0.05) is 19.9 Å². The number of ether oxygens (including phenoxy) is 4. The van der Waals surface area contributed by atoms with Crippen LogP contribution in [0.5, 0.6) is 28.7 Å². The van der Waals surface area contributed by atoms with E-state index in [1.165, 1.54) is 41.4 Å². The molecule has 0 bridgehead atoms. The molecule has 3 N–H and O–H groups in total. The van der Waals surface area contributed by atoms with Crippen LogP contribution in [0.15, 0.2) is 45.6 Å². The number of aromatic hydroxyl groups is 1. The van der Waals surface area contributed by atoms with Crippen LogP contribution in [0, 0.1) is 12.8 Å². The van der Waals surface area contributed by atoms with Crippen LogP contribution in [-0.2, 0) is 9.59 Å². The minimum atomic E-state index is -0.988. The fraction of sp³-hybridized carbons (Fsp3) is 0.345. The number of carbonyl (C=O) groups excluding carboxylic acids is 2. The van der Waals surface area contributed by atoms with Gasteiger partial charge >= 0.3 is 5.63 Å². The van der Waals surface area contributed by atoms with Gasteiger partial charge in [0.2, 0.25) is 17.6 Å². The van der Waals surface area contributed by atoms with Crippen molar-refractivity contribution >= 4 is 23.2 Å². The Hall–Kier alpha value is -4.67. The van der Waals surface area contributed by atoms with E-state index in [0.29, 0.717) is 28.4 Å². The zero-order valence-corrected chi connectivity index (χ0v) is 23.5. The van der Waals surface area contributed by atoms with E-state index in [0.717, 1.165) is 0 Å². The number of aryl methyl sites for hydroxylation is 1. The molecular weight excluding hydrogens is 520 g/mol. The number of hydrogen-bond acceptors (Lipinski definition) is 9. The Morgan fingerprint density at radius 3 is 2.15 bits per heavy atom. The van der Waals surface area contributed by atoms with Gasteiger partial charge in [-0.3, -0.25) is 9.59 Å². The molecule has 1 unspecified atom stereocenters. The molecule has 3 aromatic rings. The number of hydrogen-bond donors (Lipinski definition) is 3. The molecule has 0 fully saturated rings. The molecule has 0 radical (unpaired) electrons. The molecule has 214 valence electrons. The lowest BCUT2D eigenvalue weighted by Crippen LogP contribution is -2.22. The van der Waals surface area contributed by atoms with Crippen molar-refractivity contribution in [3.63, 3.8) is 0 Å². The second kappa shape index (κ2) is 12.9. The minimum Gasteiger partial charge on any atom is -0.507 e. The van der Waals surface area contributed by atoms with Crippen molar-refractivity contribution in [3.05, 3.63) is 63.7 Å². The normalized spacial score (nSPS) is 11.5. The molecule has 0 saturated carbocycles. The molecule has 11 heteroatoms. The Labute approximate surface area is 232 Å². The predicted octanol–water partition coefficient (Wildman–Crippen LogP) is 4.44. The zero-order valence-electron chi connectivity index (χ0n) is 23.5. The van der Waals surface area contributed by atoms with Crippen molar-refractivity contribution in [2.45, 2.75) is 33.1 Å². The van der Waals surface area contributed by atoms with E-state index >= 15 is 0 Å². The SMILES string of the molecule is COc1cc(NC(=O)CC(c2ccc(OC)c(OC)c2OC)c2c(O)cc(C)oc2=O)ccc1NC(=O)C(C)C. The minimum absolute atomic E-state index is 0.115. The van der Waals surface area contributed by atoms with Crippen molar-refractivity contribution < 1.29 is 38.1 Å². The summed E-state index contributed by atoms with van der Waals surface area (Å²) in [4.78, 5) is 38.4. The second-order valence-electron chi connectivity index (χ2n) is 9.23. The van der Waals surface area contributed by atoms with E-state index in [-0.39, 0.29) is 46.8 Å². The van der Waals surface area contributed by atoms with Gasteiger partial charge in [0.1, 0.15) is 17.3 Å². The van der Waals surface area contributed by atoms with Crippen LogP contribution in [-0.4, -0.2) is 45.4 Å². The molecule has 2 aromatic carbocycles. The van der Waals surface area contributed by atoms with Gasteiger partial charge in [0.15, 0.2) is 11.5 Å². The maximum Gasteiger partial charge on any atom is 0.343 e. The lowest BCUT2D eigenvalue weighted by molar-refractivity contribution is -0.119. The summed E-state index contributed by atoms with van der Waals surface area (Å²) in [5, 5.41) is 16.3. The second-order valence-corrected chi connectivity index (χ2v) is 9.23. The number of rotatable bonds is 11. The first kappa shape index (κ1) is 29.9. The molecular formula is C29H34N2O9. The smallest absolute Gasteiger partial charge is 0.343 e. The summed E-state index contributed by atoms with van der Waals surface area (Å²) >= 11 is 0. The average molecular weight is 555 g/mol. The molecule has 0 saturated heterocycles. The van der Waals surface area contributed by atoms with Crippen molar-refractivity contribution in [2.75, 3.05) is 39.1 Å². The molecule has 0 spiro atoms. The molecule has 1 atom stereocenters. The number of amides is 2. The maximum atomic E-state index is 13.4. The Bertz CT molecular complexity index is 1450. The van der Waals surface area contributed by atoms with Crippen molar-refractivity contribution in [1.82, 2.24) is 0 Å². The first-order chi connectivity index (χ1) is 19.0. The number of nitrogens with one attached hydrogen (secondary N) is 2. The van der Waals surface area contributed by atoms with Crippen LogP contribution in [0.3, 0.4) is 0 Å². The van der Waals surface area contributed by atoms with E-state index in [2.05, 4.69) is 10.6 Å². The van der Waals surface area contributed by atoms with Crippen LogP contribution >= 0.6 is 0 Å². The van der Waals surface area contributed by atoms with Gasteiger partial charge in [0.05, 0.1) is 39.7 Å². The van der Waals surface area contributed by atoms with Crippen LogP contribution in [0.2, 0.25) is 0 Å². The van der Waals surface area contributed by atoms with E-state index in [1.54, 1.807) is 44.2 Å². The van der Waals surface area contributed by atoms with E-state index in [9.17, 15) is 19.5 Å². The Morgan fingerprint density at radius 2 is 1.57 bits per heavy atom. The summed E-state index contributed by atoms with van der Waals surface area (Å²) in [6, 6.07) is 9.35. The van der Waals surface area contributed by atoms with Gasteiger partial charge in [-0.2, -0.15) is 0 Å². The zero-order chi connectivity index (χ0) is 29.6. The fourth-order valence-electron chi connectivity index (χ4n) is 4.24. The van der Waals surface area contributed by atoms with Crippen molar-refractivity contribution in [1.29, 1.82) is 0 Å². The standard InChI is InChI=1S/C29H34N2O9/c1-15(2)28(34)31-20-10-8-17(13-23(20)37-5)30-24(33)14-19(25-21(32)12-16(3)40-29(25)35)18-9-11-22(36-4)27(39-7)26(18)38-6/h8-13,15,19,32H,14H2,1-7H3,(H,30,33)(H,31,34). The van der Waals surface area contributed by atoms with E-state index in [4.69, 9.17) is 23.4 Å². The average Bonchev–Trinajstić information content (AvgIpc) is 2.91. The number of anilines is 2. The molecule has 3 rings (SSSR count). The third kappa shape index (κ3) is 6.48. The first-order valence-electron chi connectivity index (χ1n) is 12.5. The summed E-state index contributed by atoms with van der Waals surface area (Å²) in [5.41, 5.74) is 0.331. The van der Waals surface area contributed by atoms with Gasteiger partial charge in [-0.25, -0.2) is 4.79 Å². The Balaban J connectivity index is 2.03. The molecule has 0 aliphatic heterocycles. The van der Waals surface area contributed by atoms with Crippen molar-refractivity contribution in [2.24, 2.45) is 5.92 Å². The quantitative estimate of drug-likeness (QED) is 0.313. The van der Waals surface area contributed by atoms with Crippen LogP contribution in [0.1, 0.15) is 43.1 Å².